The van der Waals surface area contributed by atoms with E-state index in [0.29, 0.717) is 5.91 Å². The van der Waals surface area contributed by atoms with Gasteiger partial charge < -0.3 is 0 Å². The minimum absolute atomic E-state index is 0.579. The van der Waals surface area contributed by atoms with Gasteiger partial charge in [0.05, 0.1) is 0 Å². The first kappa shape index (κ1) is 9.99. The zero-order valence-electron chi connectivity index (χ0n) is 3.24. The molecule has 0 N–H and O–H groups in total. The third-order valence-electron chi connectivity index (χ3n) is 0.195. The van der Waals surface area contributed by atoms with E-state index in [4.69, 9.17) is 0 Å². The summed E-state index contributed by atoms with van der Waals surface area (Å²) in [5.74, 6) is 0.579. The Morgan fingerprint density at radius 1 is 1.14 bits per heavy atom. The summed E-state index contributed by atoms with van der Waals surface area (Å²) < 4.78 is 0. The van der Waals surface area contributed by atoms with Gasteiger partial charge >= 0.3 is 65.0 Å². The summed E-state index contributed by atoms with van der Waals surface area (Å²) in [6.07, 6.45) is 0. The predicted molar refractivity (Wildman–Crippen MR) is 68.0 cm³/mol. The van der Waals surface area contributed by atoms with Crippen LogP contribution in [0, 0.1) is 0 Å². The van der Waals surface area contributed by atoms with Crippen molar-refractivity contribution in [3.8, 4) is 0 Å². The Kier molecular flexibility index (Phi) is 4.18. The van der Waals surface area contributed by atoms with E-state index in [1.54, 1.807) is 0 Å². The normalized spacial score (nSPS) is 19.9. The monoisotopic (exact) mass is 324 g/mol. The van der Waals surface area contributed by atoms with Gasteiger partial charge in [-0.1, -0.05) is 0 Å². The summed E-state index contributed by atoms with van der Waals surface area (Å²) in [5, 5.41) is 0. The number of hydrogen-bond acceptors (Lipinski definition) is 4. The maximum atomic E-state index is 4.18. The number of hydrogen-bond donors (Lipinski definition) is 4. The molecule has 7 heavy (non-hydrogen) atoms. The molecule has 0 spiro atoms. The standard InChI is InChI=1S/H7IP2S4/c2-3-1(4,5,6)7/h3-7H,2H2. The fourth-order valence-electron chi connectivity index (χ4n) is 0. The summed E-state index contributed by atoms with van der Waals surface area (Å²) in [6.45, 7) is 0. The van der Waals surface area contributed by atoms with Crippen LogP contribution in [0.4, 0.5) is 0 Å². The molecule has 7 heteroatoms. The molecule has 0 aliphatic carbocycles. The van der Waals surface area contributed by atoms with Crippen LogP contribution in [0.15, 0.2) is 0 Å². The molecule has 0 aromatic carbocycles. The summed E-state index contributed by atoms with van der Waals surface area (Å²) in [4.78, 5) is 0. The molecule has 0 aliphatic rings. The van der Waals surface area contributed by atoms with E-state index in [-0.39, 0.29) is 0 Å². The molecule has 0 aromatic heterocycles. The summed E-state index contributed by atoms with van der Waals surface area (Å²) in [6, 6.07) is 0. The average molecular weight is 324 g/mol. The van der Waals surface area contributed by atoms with Crippen LogP contribution in [0.3, 0.4) is 0 Å². The predicted octanol–water partition coefficient (Wildman–Crippen LogP) is 3.33. The van der Waals surface area contributed by atoms with Gasteiger partial charge in [0.15, 0.2) is 0 Å². The zero-order valence-corrected chi connectivity index (χ0v) is 11.1. The van der Waals surface area contributed by atoms with Crippen LogP contribution in [0.5, 0.6) is 0 Å². The minimum atomic E-state index is -2.83. The number of rotatable bonds is 1. The van der Waals surface area contributed by atoms with Crippen LogP contribution in [0.1, 0.15) is 0 Å². The van der Waals surface area contributed by atoms with Gasteiger partial charge in [-0.25, -0.2) is 0 Å². The van der Waals surface area contributed by atoms with Crippen molar-refractivity contribution in [2.75, 3.05) is 0 Å². The second-order valence-electron chi connectivity index (χ2n) is 0.901. The topological polar surface area (TPSA) is 0 Å². The molecule has 0 saturated heterocycles. The van der Waals surface area contributed by atoms with Crippen molar-refractivity contribution in [1.29, 1.82) is 0 Å². The summed E-state index contributed by atoms with van der Waals surface area (Å²) in [7, 11) is 16.5. The molecule has 0 bridgehead atoms. The van der Waals surface area contributed by atoms with Crippen molar-refractivity contribution in [3.63, 3.8) is 0 Å². The summed E-state index contributed by atoms with van der Waals surface area (Å²) in [5.41, 5.74) is 0. The first-order chi connectivity index (χ1) is 2.81. The second-order valence-corrected chi connectivity index (χ2v) is 54.4. The Balaban J connectivity index is 3.83. The van der Waals surface area contributed by atoms with Gasteiger partial charge in [-0.3, -0.25) is 0 Å². The van der Waals surface area contributed by atoms with Crippen molar-refractivity contribution >= 4 is 65.0 Å². The maximum absolute atomic E-state index is 4.18. The molecule has 0 rings (SSSR count). The molecular weight excluding hydrogens is 317 g/mol. The van der Waals surface area contributed by atoms with Crippen molar-refractivity contribution < 1.29 is 0 Å². The molecule has 2 unspecified atom stereocenters. The molecule has 0 amide bonds. The van der Waals surface area contributed by atoms with Crippen LogP contribution in [-0.4, -0.2) is 0 Å². The SMILES string of the molecule is PPI(S)(S)(S)S. The van der Waals surface area contributed by atoms with E-state index in [9.17, 15) is 0 Å². The third kappa shape index (κ3) is 8.99. The van der Waals surface area contributed by atoms with Gasteiger partial charge in [0, 0.05) is 0 Å². The molecule has 0 nitrogen and oxygen atoms in total. The Hall–Kier alpha value is 2.99. The van der Waals surface area contributed by atoms with Crippen LogP contribution in [-0.2, 0) is 0 Å². The third-order valence-corrected chi connectivity index (χ3v) is 35.4. The number of thiol groups is 4. The quantitative estimate of drug-likeness (QED) is 0.317. The van der Waals surface area contributed by atoms with E-state index >= 15 is 0 Å². The Morgan fingerprint density at radius 3 is 1.29 bits per heavy atom. The Morgan fingerprint density at radius 2 is 1.29 bits per heavy atom. The first-order valence-corrected chi connectivity index (χ1v) is 20.0. The zero-order chi connectivity index (χ0) is 6.15. The average Bonchev–Trinajstić information content (AvgIpc) is 1.32. The fourth-order valence-corrected chi connectivity index (χ4v) is 0. The second kappa shape index (κ2) is 2.93. The van der Waals surface area contributed by atoms with E-state index < -0.39 is 11.0 Å². The van der Waals surface area contributed by atoms with Gasteiger partial charge in [-0.05, 0) is 0 Å². The van der Waals surface area contributed by atoms with Crippen molar-refractivity contribution in [2.45, 2.75) is 0 Å². The molecule has 0 saturated carbocycles. The van der Waals surface area contributed by atoms with E-state index in [1.807, 2.05) is 0 Å². The number of halogens is 1. The van der Waals surface area contributed by atoms with Crippen LogP contribution in [0.2, 0.25) is 0 Å². The van der Waals surface area contributed by atoms with E-state index in [0.717, 1.165) is 0 Å². The molecule has 0 aromatic rings. The fraction of sp³-hybridized carbons (Fsp3) is 0. The van der Waals surface area contributed by atoms with Crippen molar-refractivity contribution in [2.24, 2.45) is 0 Å². The Bertz CT molecular complexity index is 62.2. The van der Waals surface area contributed by atoms with Crippen LogP contribution < -0.4 is 0 Å². The molecule has 0 heterocycles. The molecule has 0 radical (unpaired) electrons. The molecular formula is H7IP2S4. The van der Waals surface area contributed by atoms with Gasteiger partial charge in [0.1, 0.15) is 0 Å². The molecule has 2 atom stereocenters. The van der Waals surface area contributed by atoms with Crippen LogP contribution >= 0.6 is 65.0 Å². The van der Waals surface area contributed by atoms with E-state index in [1.165, 1.54) is 0 Å². The van der Waals surface area contributed by atoms with Gasteiger partial charge in [0.25, 0.3) is 0 Å². The van der Waals surface area contributed by atoms with Crippen LogP contribution in [0.25, 0.3) is 0 Å². The van der Waals surface area contributed by atoms with Crippen molar-refractivity contribution in [1.82, 2.24) is 0 Å². The van der Waals surface area contributed by atoms with Crippen molar-refractivity contribution in [3.05, 3.63) is 0 Å². The molecule has 48 valence electrons. The molecule has 0 aliphatic heterocycles. The van der Waals surface area contributed by atoms with Gasteiger partial charge in [-0.2, -0.15) is 0 Å². The van der Waals surface area contributed by atoms with E-state index in [2.05, 4.69) is 48.1 Å². The Labute approximate surface area is 64.0 Å². The van der Waals surface area contributed by atoms with Gasteiger partial charge in [-0.15, -0.1) is 0 Å². The summed E-state index contributed by atoms with van der Waals surface area (Å²) >= 11 is 0. The molecule has 0 fully saturated rings. The van der Waals surface area contributed by atoms with Gasteiger partial charge in [0.2, 0.25) is 0 Å². The first-order valence-electron chi connectivity index (χ1n) is 1.15.